The van der Waals surface area contributed by atoms with Crippen LogP contribution in [-0.4, -0.2) is 53.8 Å². The number of aromatic nitrogens is 2. The molecule has 0 aromatic carbocycles. The zero-order chi connectivity index (χ0) is 14.8. The molecular formula is C14H22ClN3O2. The Bertz CT molecular complexity index is 479. The van der Waals surface area contributed by atoms with Gasteiger partial charge in [0.05, 0.1) is 29.9 Å². The van der Waals surface area contributed by atoms with Gasteiger partial charge in [-0.15, -0.1) is 0 Å². The van der Waals surface area contributed by atoms with E-state index in [0.29, 0.717) is 23.9 Å². The molecule has 1 aliphatic carbocycles. The third-order valence-corrected chi connectivity index (χ3v) is 4.50. The highest BCUT2D eigenvalue weighted by Crippen LogP contribution is 2.37. The number of likely N-dealkylation sites (N-methyl/N-ethyl adjacent to an activating group) is 1. The van der Waals surface area contributed by atoms with Crippen molar-refractivity contribution >= 4 is 17.4 Å². The lowest BCUT2D eigenvalue weighted by Gasteiger charge is -2.34. The second-order valence-electron chi connectivity index (χ2n) is 5.52. The maximum absolute atomic E-state index is 13.0. The minimum atomic E-state index is -0.436. The molecule has 1 saturated carbocycles. The molecule has 0 N–H and O–H groups in total. The van der Waals surface area contributed by atoms with Crippen molar-refractivity contribution in [3.05, 3.63) is 16.9 Å². The molecule has 0 aliphatic heterocycles. The molecule has 0 saturated heterocycles. The normalized spacial score (nSPS) is 17.9. The van der Waals surface area contributed by atoms with Gasteiger partial charge in [-0.25, -0.2) is 0 Å². The van der Waals surface area contributed by atoms with Crippen LogP contribution in [0.4, 0.5) is 0 Å². The molecule has 1 aromatic rings. The first-order valence-electron chi connectivity index (χ1n) is 6.95. The van der Waals surface area contributed by atoms with Gasteiger partial charge in [-0.2, -0.15) is 5.10 Å². The van der Waals surface area contributed by atoms with Crippen LogP contribution in [0.5, 0.6) is 0 Å². The molecule has 112 valence electrons. The van der Waals surface area contributed by atoms with E-state index in [1.165, 1.54) is 0 Å². The molecule has 0 spiro atoms. The Morgan fingerprint density at radius 1 is 1.50 bits per heavy atom. The molecule has 5 nitrogen and oxygen atoms in total. The summed E-state index contributed by atoms with van der Waals surface area (Å²) in [5.74, 6) is 0.0820. The van der Waals surface area contributed by atoms with Crippen molar-refractivity contribution in [2.24, 2.45) is 0 Å². The molecule has 1 heterocycles. The first-order valence-corrected chi connectivity index (χ1v) is 7.33. The zero-order valence-electron chi connectivity index (χ0n) is 12.4. The summed E-state index contributed by atoms with van der Waals surface area (Å²) in [6, 6.07) is 0. The van der Waals surface area contributed by atoms with Crippen LogP contribution in [0.25, 0.3) is 0 Å². The number of Topliss-reactive ketones (excluding diaryl/α,β-unsaturated/α-hetero) is 1. The lowest BCUT2D eigenvalue weighted by Crippen LogP contribution is -2.49. The summed E-state index contributed by atoms with van der Waals surface area (Å²) < 4.78 is 6.73. The van der Waals surface area contributed by atoms with Crippen LogP contribution in [0.1, 0.15) is 36.2 Å². The third kappa shape index (κ3) is 2.62. The van der Waals surface area contributed by atoms with Gasteiger partial charge in [0.1, 0.15) is 5.69 Å². The maximum Gasteiger partial charge on any atom is 0.202 e. The van der Waals surface area contributed by atoms with Gasteiger partial charge < -0.3 is 4.74 Å². The maximum atomic E-state index is 13.0. The van der Waals surface area contributed by atoms with Crippen molar-refractivity contribution < 1.29 is 9.53 Å². The van der Waals surface area contributed by atoms with Gasteiger partial charge in [0, 0.05) is 7.11 Å². The van der Waals surface area contributed by atoms with Crippen LogP contribution in [0.2, 0.25) is 5.02 Å². The highest BCUT2D eigenvalue weighted by atomic mass is 35.5. The van der Waals surface area contributed by atoms with Gasteiger partial charge >= 0.3 is 0 Å². The Morgan fingerprint density at radius 2 is 2.15 bits per heavy atom. The number of rotatable bonds is 6. The minimum Gasteiger partial charge on any atom is -0.383 e. The Labute approximate surface area is 124 Å². The Morgan fingerprint density at radius 3 is 2.70 bits per heavy atom. The largest absolute Gasteiger partial charge is 0.383 e. The smallest absolute Gasteiger partial charge is 0.202 e. The number of ketones is 1. The number of carbonyl (C=O) groups excluding carboxylic acids is 1. The summed E-state index contributed by atoms with van der Waals surface area (Å²) in [6.07, 6.45) is 5.46. The van der Waals surface area contributed by atoms with Gasteiger partial charge in [0.25, 0.3) is 0 Å². The monoisotopic (exact) mass is 299 g/mol. The van der Waals surface area contributed by atoms with Gasteiger partial charge in [0.15, 0.2) is 0 Å². The molecule has 0 bridgehead atoms. The van der Waals surface area contributed by atoms with Gasteiger partial charge in [0.2, 0.25) is 5.78 Å². The van der Waals surface area contributed by atoms with E-state index in [4.69, 9.17) is 16.3 Å². The summed E-state index contributed by atoms with van der Waals surface area (Å²) in [5, 5.41) is 4.63. The van der Waals surface area contributed by atoms with E-state index in [2.05, 4.69) is 5.10 Å². The van der Waals surface area contributed by atoms with Crippen molar-refractivity contribution in [2.45, 2.75) is 37.8 Å². The second-order valence-corrected chi connectivity index (χ2v) is 5.93. The highest BCUT2D eigenvalue weighted by Gasteiger charge is 2.45. The van der Waals surface area contributed by atoms with E-state index < -0.39 is 5.54 Å². The zero-order valence-corrected chi connectivity index (χ0v) is 13.1. The minimum absolute atomic E-state index is 0.0820. The molecule has 0 unspecified atom stereocenters. The van der Waals surface area contributed by atoms with Crippen LogP contribution in [0, 0.1) is 0 Å². The van der Waals surface area contributed by atoms with Crippen molar-refractivity contribution in [3.8, 4) is 0 Å². The van der Waals surface area contributed by atoms with Crippen LogP contribution in [0.3, 0.4) is 0 Å². The molecule has 0 radical (unpaired) electrons. The van der Waals surface area contributed by atoms with E-state index in [0.717, 1.165) is 25.7 Å². The fraction of sp³-hybridized carbons (Fsp3) is 0.714. The number of hydrogen-bond donors (Lipinski definition) is 0. The van der Waals surface area contributed by atoms with Gasteiger partial charge in [-0.1, -0.05) is 24.4 Å². The van der Waals surface area contributed by atoms with Gasteiger partial charge in [-0.05, 0) is 26.9 Å². The molecule has 1 aromatic heterocycles. The Hall–Kier alpha value is -0.910. The molecule has 6 heteroatoms. The Kier molecular flexibility index (Phi) is 4.83. The molecular weight excluding hydrogens is 278 g/mol. The standard InChI is InChI=1S/C14H22ClN3O2/c1-17(2)14(6-4-5-7-14)13(19)12-11(15)10-16-18(12)8-9-20-3/h10H,4-9H2,1-3H3. The molecule has 1 fully saturated rings. The molecule has 20 heavy (non-hydrogen) atoms. The fourth-order valence-electron chi connectivity index (χ4n) is 2.99. The summed E-state index contributed by atoms with van der Waals surface area (Å²) >= 11 is 6.20. The number of halogens is 1. The first kappa shape index (κ1) is 15.5. The number of nitrogens with zero attached hydrogens (tertiary/aromatic N) is 3. The summed E-state index contributed by atoms with van der Waals surface area (Å²) in [6.45, 7) is 1.04. The van der Waals surface area contributed by atoms with Crippen LogP contribution >= 0.6 is 11.6 Å². The highest BCUT2D eigenvalue weighted by molar-refractivity contribution is 6.34. The van der Waals surface area contributed by atoms with Gasteiger partial charge in [-0.3, -0.25) is 14.4 Å². The predicted molar refractivity (Wildman–Crippen MR) is 78.3 cm³/mol. The van der Waals surface area contributed by atoms with E-state index >= 15 is 0 Å². The van der Waals surface area contributed by atoms with Crippen LogP contribution < -0.4 is 0 Å². The SMILES string of the molecule is COCCn1ncc(Cl)c1C(=O)C1(N(C)C)CCCC1. The average molecular weight is 300 g/mol. The number of hydrogen-bond acceptors (Lipinski definition) is 4. The fourth-order valence-corrected chi connectivity index (χ4v) is 3.22. The summed E-state index contributed by atoms with van der Waals surface area (Å²) in [7, 11) is 5.56. The summed E-state index contributed by atoms with van der Waals surface area (Å²) in [5.41, 5.74) is 0.0772. The number of methoxy groups -OCH3 is 1. The molecule has 1 aliphatic rings. The Balaban J connectivity index is 2.34. The molecule has 2 rings (SSSR count). The third-order valence-electron chi connectivity index (χ3n) is 4.23. The second kappa shape index (κ2) is 6.24. The average Bonchev–Trinajstić information content (AvgIpc) is 3.03. The van der Waals surface area contributed by atoms with Crippen molar-refractivity contribution in [2.75, 3.05) is 27.8 Å². The first-order chi connectivity index (χ1) is 9.53. The van der Waals surface area contributed by atoms with E-state index in [1.807, 2.05) is 19.0 Å². The quantitative estimate of drug-likeness (QED) is 0.756. The van der Waals surface area contributed by atoms with Crippen LogP contribution in [-0.2, 0) is 11.3 Å². The van der Waals surface area contributed by atoms with E-state index in [1.54, 1.807) is 18.0 Å². The van der Waals surface area contributed by atoms with E-state index in [9.17, 15) is 4.79 Å². The van der Waals surface area contributed by atoms with Crippen molar-refractivity contribution in [1.82, 2.24) is 14.7 Å². The lowest BCUT2D eigenvalue weighted by atomic mass is 9.88. The van der Waals surface area contributed by atoms with E-state index in [-0.39, 0.29) is 5.78 Å². The van der Waals surface area contributed by atoms with Crippen LogP contribution in [0.15, 0.2) is 6.20 Å². The lowest BCUT2D eigenvalue weighted by molar-refractivity contribution is 0.0678. The predicted octanol–water partition coefficient (Wildman–Crippen LogP) is 2.24. The topological polar surface area (TPSA) is 47.4 Å². The summed E-state index contributed by atoms with van der Waals surface area (Å²) in [4.78, 5) is 15.1. The van der Waals surface area contributed by atoms with Crippen molar-refractivity contribution in [3.63, 3.8) is 0 Å². The molecule has 0 atom stereocenters. The number of carbonyl (C=O) groups is 1. The molecule has 0 amide bonds. The number of ether oxygens (including phenoxy) is 1. The van der Waals surface area contributed by atoms with Crippen molar-refractivity contribution in [1.29, 1.82) is 0 Å².